The van der Waals surface area contributed by atoms with E-state index in [0.717, 1.165) is 36.4 Å². The van der Waals surface area contributed by atoms with Crippen molar-refractivity contribution in [2.75, 3.05) is 6.54 Å². The van der Waals surface area contributed by atoms with Gasteiger partial charge < -0.3 is 9.88 Å². The first-order chi connectivity index (χ1) is 11.7. The fourth-order valence-electron chi connectivity index (χ4n) is 3.24. The van der Waals surface area contributed by atoms with Crippen molar-refractivity contribution in [3.05, 3.63) is 43.7 Å². The van der Waals surface area contributed by atoms with Crippen molar-refractivity contribution in [2.45, 2.75) is 32.2 Å². The van der Waals surface area contributed by atoms with Crippen molar-refractivity contribution in [2.24, 2.45) is 0 Å². The van der Waals surface area contributed by atoms with Crippen LogP contribution in [0.15, 0.2) is 22.7 Å². The topological polar surface area (TPSA) is 79.0 Å². The molecule has 1 aliphatic rings. The van der Waals surface area contributed by atoms with E-state index in [0.29, 0.717) is 15.1 Å². The molecule has 8 heteroatoms. The summed E-state index contributed by atoms with van der Waals surface area (Å²) < 4.78 is 0. The number of hydrogen-bond acceptors (Lipinski definition) is 6. The molecule has 24 heavy (non-hydrogen) atoms. The second-order valence-corrected chi connectivity index (χ2v) is 7.77. The number of amides is 1. The van der Waals surface area contributed by atoms with Crippen molar-refractivity contribution in [3.8, 4) is 0 Å². The predicted octanol–water partition coefficient (Wildman–Crippen LogP) is 3.12. The number of nitrogens with one attached hydrogen (secondary N) is 1. The van der Waals surface area contributed by atoms with E-state index in [-0.39, 0.29) is 17.5 Å². The molecule has 4 heterocycles. The zero-order valence-corrected chi connectivity index (χ0v) is 14.7. The number of aryl methyl sites for hydroxylation is 1. The summed E-state index contributed by atoms with van der Waals surface area (Å²) in [6.07, 6.45) is 6.19. The Hall–Kier alpha value is -2.06. The van der Waals surface area contributed by atoms with E-state index >= 15 is 0 Å². The highest BCUT2D eigenvalue weighted by Gasteiger charge is 2.32. The molecule has 0 unspecified atom stereocenters. The summed E-state index contributed by atoms with van der Waals surface area (Å²) in [6, 6.07) is 0.0297. The molecule has 1 atom stereocenters. The Morgan fingerprint density at radius 2 is 2.25 bits per heavy atom. The number of piperidine rings is 1. The maximum absolute atomic E-state index is 13.2. The van der Waals surface area contributed by atoms with Gasteiger partial charge in [0.25, 0.3) is 11.5 Å². The fraction of sp³-hybridized carbons (Fsp3) is 0.375. The SMILES string of the molecule is Cc1c(C(=O)N2CCCC[C@@H]2c2nccs2)sc2nc[nH]c(=O)c12. The van der Waals surface area contributed by atoms with E-state index in [1.165, 1.54) is 17.7 Å². The van der Waals surface area contributed by atoms with Gasteiger partial charge in [-0.1, -0.05) is 0 Å². The van der Waals surface area contributed by atoms with E-state index in [1.807, 2.05) is 17.2 Å². The minimum atomic E-state index is -0.192. The largest absolute Gasteiger partial charge is 0.328 e. The molecule has 1 aliphatic heterocycles. The van der Waals surface area contributed by atoms with Crippen molar-refractivity contribution >= 4 is 38.8 Å². The highest BCUT2D eigenvalue weighted by molar-refractivity contribution is 7.20. The molecule has 0 spiro atoms. The third kappa shape index (κ3) is 2.46. The number of thiophene rings is 1. The first kappa shape index (κ1) is 15.5. The number of carbonyl (C=O) groups excluding carboxylic acids is 1. The van der Waals surface area contributed by atoms with Gasteiger partial charge in [0.05, 0.1) is 22.6 Å². The maximum atomic E-state index is 13.2. The van der Waals surface area contributed by atoms with Gasteiger partial charge in [0.15, 0.2) is 0 Å². The van der Waals surface area contributed by atoms with Crippen LogP contribution in [0.1, 0.15) is 45.5 Å². The van der Waals surface area contributed by atoms with E-state index < -0.39 is 0 Å². The minimum Gasteiger partial charge on any atom is -0.328 e. The van der Waals surface area contributed by atoms with Gasteiger partial charge in [0.1, 0.15) is 9.84 Å². The summed E-state index contributed by atoms with van der Waals surface area (Å²) in [5, 5.41) is 3.45. The lowest BCUT2D eigenvalue weighted by Crippen LogP contribution is -2.38. The van der Waals surface area contributed by atoms with Crippen molar-refractivity contribution < 1.29 is 4.79 Å². The molecule has 0 saturated carbocycles. The first-order valence-electron chi connectivity index (χ1n) is 7.84. The Balaban J connectivity index is 1.76. The molecule has 0 aromatic carbocycles. The number of likely N-dealkylation sites (tertiary alicyclic amines) is 1. The second-order valence-electron chi connectivity index (χ2n) is 5.85. The lowest BCUT2D eigenvalue weighted by atomic mass is 10.0. The van der Waals surface area contributed by atoms with E-state index in [4.69, 9.17) is 0 Å². The van der Waals surface area contributed by atoms with E-state index in [9.17, 15) is 9.59 Å². The van der Waals surface area contributed by atoms with Gasteiger partial charge >= 0.3 is 0 Å². The van der Waals surface area contributed by atoms with Crippen molar-refractivity contribution in [1.82, 2.24) is 19.9 Å². The molecule has 1 N–H and O–H groups in total. The number of rotatable bonds is 2. The Kier molecular flexibility index (Phi) is 3.93. The monoisotopic (exact) mass is 360 g/mol. The van der Waals surface area contributed by atoms with Crippen LogP contribution in [-0.2, 0) is 0 Å². The van der Waals surface area contributed by atoms with Crippen LogP contribution in [0.4, 0.5) is 0 Å². The van der Waals surface area contributed by atoms with Crippen LogP contribution in [0.5, 0.6) is 0 Å². The molecular weight excluding hydrogens is 344 g/mol. The lowest BCUT2D eigenvalue weighted by Gasteiger charge is -2.34. The summed E-state index contributed by atoms with van der Waals surface area (Å²) >= 11 is 2.89. The first-order valence-corrected chi connectivity index (χ1v) is 9.53. The predicted molar refractivity (Wildman–Crippen MR) is 94.7 cm³/mol. The van der Waals surface area contributed by atoms with Crippen LogP contribution in [0.25, 0.3) is 10.2 Å². The molecule has 4 rings (SSSR count). The number of nitrogens with zero attached hydrogens (tertiary/aromatic N) is 3. The highest BCUT2D eigenvalue weighted by atomic mass is 32.1. The van der Waals surface area contributed by atoms with Crippen LogP contribution >= 0.6 is 22.7 Å². The molecular formula is C16H16N4O2S2. The number of H-pyrrole nitrogens is 1. The Morgan fingerprint density at radius 1 is 1.38 bits per heavy atom. The molecule has 124 valence electrons. The number of fused-ring (bicyclic) bond motifs is 1. The van der Waals surface area contributed by atoms with Crippen molar-refractivity contribution in [1.29, 1.82) is 0 Å². The van der Waals surface area contributed by atoms with Crippen LogP contribution in [-0.4, -0.2) is 32.3 Å². The molecule has 1 fully saturated rings. The quantitative estimate of drug-likeness (QED) is 0.761. The van der Waals surface area contributed by atoms with Gasteiger partial charge in [-0.3, -0.25) is 9.59 Å². The van der Waals surface area contributed by atoms with Gasteiger partial charge in [-0.15, -0.1) is 22.7 Å². The summed E-state index contributed by atoms with van der Waals surface area (Å²) in [5.74, 6) is -0.0187. The molecule has 0 aliphatic carbocycles. The van der Waals surface area contributed by atoms with Gasteiger partial charge in [0, 0.05) is 18.1 Å². The van der Waals surface area contributed by atoms with Crippen LogP contribution < -0.4 is 5.56 Å². The summed E-state index contributed by atoms with van der Waals surface area (Å²) in [4.78, 5) is 39.5. The summed E-state index contributed by atoms with van der Waals surface area (Å²) in [5.41, 5.74) is 0.528. The average Bonchev–Trinajstić information content (AvgIpc) is 3.23. The summed E-state index contributed by atoms with van der Waals surface area (Å²) in [7, 11) is 0. The average molecular weight is 360 g/mol. The number of thiazole rings is 1. The smallest absolute Gasteiger partial charge is 0.264 e. The number of hydrogen-bond donors (Lipinski definition) is 1. The Bertz CT molecular complexity index is 945. The Morgan fingerprint density at radius 3 is 3.00 bits per heavy atom. The minimum absolute atomic E-state index is 0.0187. The van der Waals surface area contributed by atoms with E-state index in [2.05, 4.69) is 15.0 Å². The molecule has 0 radical (unpaired) electrons. The van der Waals surface area contributed by atoms with Crippen LogP contribution in [0, 0.1) is 6.92 Å². The normalized spacial score (nSPS) is 18.2. The molecule has 1 amide bonds. The third-order valence-electron chi connectivity index (χ3n) is 4.43. The van der Waals surface area contributed by atoms with Crippen LogP contribution in [0.3, 0.4) is 0 Å². The second kappa shape index (κ2) is 6.10. The fourth-order valence-corrected chi connectivity index (χ4v) is 5.13. The van der Waals surface area contributed by atoms with Gasteiger partial charge in [-0.05, 0) is 31.7 Å². The third-order valence-corrected chi connectivity index (χ3v) is 6.49. The van der Waals surface area contributed by atoms with Crippen molar-refractivity contribution in [3.63, 3.8) is 0 Å². The lowest BCUT2D eigenvalue weighted by molar-refractivity contribution is 0.0615. The van der Waals surface area contributed by atoms with Crippen LogP contribution in [0.2, 0.25) is 0 Å². The molecule has 6 nitrogen and oxygen atoms in total. The molecule has 3 aromatic rings. The van der Waals surface area contributed by atoms with Gasteiger partial charge in [-0.2, -0.15) is 0 Å². The standard InChI is InChI=1S/C16H16N4O2S2/c1-9-11-13(21)18-8-19-15(11)24-12(9)16(22)20-6-3-2-4-10(20)14-17-5-7-23-14/h5,7-8,10H,2-4,6H2,1H3,(H,18,19,21)/t10-/m1/s1. The number of carbonyl (C=O) groups is 1. The van der Waals surface area contributed by atoms with E-state index in [1.54, 1.807) is 17.5 Å². The highest BCUT2D eigenvalue weighted by Crippen LogP contribution is 2.35. The molecule has 0 bridgehead atoms. The Labute approximate surface area is 146 Å². The molecule has 1 saturated heterocycles. The number of aromatic amines is 1. The van der Waals surface area contributed by atoms with Gasteiger partial charge in [-0.25, -0.2) is 9.97 Å². The molecule has 3 aromatic heterocycles. The maximum Gasteiger partial charge on any atom is 0.264 e. The zero-order valence-electron chi connectivity index (χ0n) is 13.1. The zero-order chi connectivity index (χ0) is 16.7. The summed E-state index contributed by atoms with van der Waals surface area (Å²) in [6.45, 7) is 2.55. The van der Waals surface area contributed by atoms with Gasteiger partial charge in [0.2, 0.25) is 0 Å². The number of aromatic nitrogens is 3.